The van der Waals surface area contributed by atoms with Crippen molar-refractivity contribution in [3.05, 3.63) is 63.5 Å². The fourth-order valence-corrected chi connectivity index (χ4v) is 4.95. The van der Waals surface area contributed by atoms with Gasteiger partial charge < -0.3 is 19.0 Å². The summed E-state index contributed by atoms with van der Waals surface area (Å²) in [6.07, 6.45) is 1.21. The average Bonchev–Trinajstić information content (AvgIpc) is 2.83. The molecule has 1 aliphatic rings. The molecule has 0 atom stereocenters. The van der Waals surface area contributed by atoms with Crippen LogP contribution in [0.2, 0.25) is 0 Å². The molecule has 1 N–H and O–H groups in total. The molecule has 33 heavy (non-hydrogen) atoms. The highest BCUT2D eigenvalue weighted by Crippen LogP contribution is 2.48. The van der Waals surface area contributed by atoms with Crippen LogP contribution in [-0.4, -0.2) is 25.1 Å². The summed E-state index contributed by atoms with van der Waals surface area (Å²) in [5.74, 6) is 0.923. The number of carbonyl (C=O) groups excluding carboxylic acids is 1. The van der Waals surface area contributed by atoms with Crippen LogP contribution in [0.1, 0.15) is 51.4 Å². The first-order chi connectivity index (χ1) is 15.9. The van der Waals surface area contributed by atoms with Gasteiger partial charge in [0.15, 0.2) is 22.7 Å². The molecule has 0 saturated carbocycles. The molecule has 1 aliphatic carbocycles. The minimum atomic E-state index is -1.02. The lowest BCUT2D eigenvalue weighted by atomic mass is 9.68. The first-order valence-electron chi connectivity index (χ1n) is 11.2. The van der Waals surface area contributed by atoms with Crippen LogP contribution in [0.4, 0.5) is 0 Å². The van der Waals surface area contributed by atoms with E-state index >= 15 is 0 Å². The van der Waals surface area contributed by atoms with Gasteiger partial charge >= 0.3 is 0 Å². The maximum atomic E-state index is 13.5. The number of rotatable bonds is 6. The minimum absolute atomic E-state index is 0.0741. The molecule has 2 aromatic carbocycles. The van der Waals surface area contributed by atoms with Crippen molar-refractivity contribution in [3.63, 3.8) is 0 Å². The molecule has 0 spiro atoms. The highest BCUT2D eigenvalue weighted by Gasteiger charge is 2.48. The van der Waals surface area contributed by atoms with Gasteiger partial charge in [0, 0.05) is 11.6 Å². The van der Waals surface area contributed by atoms with Gasteiger partial charge in [0.1, 0.15) is 22.8 Å². The van der Waals surface area contributed by atoms with E-state index in [1.165, 1.54) is 13.2 Å². The molecule has 4 rings (SSSR count). The quantitative estimate of drug-likeness (QED) is 0.513. The minimum Gasteiger partial charge on any atom is -0.507 e. The van der Waals surface area contributed by atoms with E-state index in [4.69, 9.17) is 13.9 Å². The zero-order valence-corrected chi connectivity index (χ0v) is 19.6. The molecule has 0 radical (unpaired) electrons. The van der Waals surface area contributed by atoms with Crippen molar-refractivity contribution >= 4 is 22.3 Å². The number of aliphatic hydroxyl groups excluding tert-OH is 1. The highest BCUT2D eigenvalue weighted by molar-refractivity contribution is 6.11. The van der Waals surface area contributed by atoms with Gasteiger partial charge in [-0.1, -0.05) is 45.0 Å². The number of Topliss-reactive ketones (excluding diaryl/α,β-unsaturated/α-hetero) is 1. The molecule has 3 aromatic rings. The molecule has 6 nitrogen and oxygen atoms in total. The maximum Gasteiger partial charge on any atom is 0.196 e. The van der Waals surface area contributed by atoms with E-state index < -0.39 is 10.8 Å². The van der Waals surface area contributed by atoms with Gasteiger partial charge in [-0.3, -0.25) is 9.59 Å². The molecule has 0 amide bonds. The summed E-state index contributed by atoms with van der Waals surface area (Å²) < 4.78 is 17.6. The monoisotopic (exact) mass is 448 g/mol. The lowest BCUT2D eigenvalue weighted by Crippen LogP contribution is -2.41. The van der Waals surface area contributed by atoms with E-state index in [2.05, 4.69) is 0 Å². The number of hydrogen-bond acceptors (Lipinski definition) is 6. The van der Waals surface area contributed by atoms with E-state index in [1.807, 2.05) is 44.2 Å². The van der Waals surface area contributed by atoms with Crippen LogP contribution in [0.25, 0.3) is 27.9 Å². The van der Waals surface area contributed by atoms with Crippen molar-refractivity contribution in [3.8, 4) is 22.8 Å². The molecule has 0 bridgehead atoms. The largest absolute Gasteiger partial charge is 0.507 e. The summed E-state index contributed by atoms with van der Waals surface area (Å²) in [5, 5.41) is 12.6. The van der Waals surface area contributed by atoms with Crippen molar-refractivity contribution < 1.29 is 23.8 Å². The Morgan fingerprint density at radius 2 is 1.67 bits per heavy atom. The van der Waals surface area contributed by atoms with Crippen LogP contribution in [0.15, 0.2) is 51.2 Å². The molecule has 172 valence electrons. The second-order valence-electron chi connectivity index (χ2n) is 8.19. The second-order valence-corrected chi connectivity index (χ2v) is 8.19. The van der Waals surface area contributed by atoms with E-state index in [0.29, 0.717) is 36.3 Å². The Labute approximate surface area is 192 Å². The molecule has 1 heterocycles. The molecule has 0 unspecified atom stereocenters. The summed E-state index contributed by atoms with van der Waals surface area (Å²) in [6.45, 7) is 5.60. The number of methoxy groups -OCH3 is 2. The van der Waals surface area contributed by atoms with Gasteiger partial charge in [-0.15, -0.1) is 0 Å². The number of ether oxygens (including phenoxy) is 2. The van der Waals surface area contributed by atoms with Crippen molar-refractivity contribution in [2.75, 3.05) is 14.2 Å². The normalized spacial score (nSPS) is 15.0. The van der Waals surface area contributed by atoms with E-state index in [-0.39, 0.29) is 34.2 Å². The Morgan fingerprint density at radius 1 is 0.970 bits per heavy atom. The Morgan fingerprint density at radius 3 is 2.27 bits per heavy atom. The zero-order valence-electron chi connectivity index (χ0n) is 19.6. The highest BCUT2D eigenvalue weighted by atomic mass is 16.5. The molecular formula is C27H28O6. The summed E-state index contributed by atoms with van der Waals surface area (Å²) in [7, 11) is 3.08. The molecule has 0 saturated heterocycles. The second kappa shape index (κ2) is 8.43. The SMILES string of the molecule is CCC1=C(O)c2c(oc(-c3c(OC)c(OC)cc4ccccc34)cc2=O)C(CC)(CC)C1=O. The van der Waals surface area contributed by atoms with Crippen molar-refractivity contribution in [2.24, 2.45) is 0 Å². The first kappa shape index (κ1) is 22.6. The molecule has 1 aromatic heterocycles. The molecular weight excluding hydrogens is 420 g/mol. The van der Waals surface area contributed by atoms with Gasteiger partial charge in [0.05, 0.1) is 25.2 Å². The van der Waals surface area contributed by atoms with Gasteiger partial charge in [-0.25, -0.2) is 0 Å². The number of benzene rings is 2. The van der Waals surface area contributed by atoms with Gasteiger partial charge in [0.25, 0.3) is 0 Å². The number of ketones is 1. The first-order valence-corrected chi connectivity index (χ1v) is 11.2. The Bertz CT molecular complexity index is 1340. The number of allylic oxidation sites excluding steroid dienone is 1. The van der Waals surface area contributed by atoms with Crippen LogP contribution in [0.3, 0.4) is 0 Å². The maximum absolute atomic E-state index is 13.5. The third-order valence-corrected chi connectivity index (χ3v) is 6.81. The topological polar surface area (TPSA) is 86.0 Å². The molecule has 0 aliphatic heterocycles. The number of hydrogen-bond donors (Lipinski definition) is 1. The van der Waals surface area contributed by atoms with Crippen molar-refractivity contribution in [2.45, 2.75) is 45.4 Å². The van der Waals surface area contributed by atoms with Gasteiger partial charge in [-0.2, -0.15) is 0 Å². The van der Waals surface area contributed by atoms with E-state index in [1.54, 1.807) is 14.0 Å². The number of carbonyl (C=O) groups is 1. The lowest BCUT2D eigenvalue weighted by molar-refractivity contribution is -0.122. The van der Waals surface area contributed by atoms with Crippen LogP contribution < -0.4 is 14.9 Å². The predicted octanol–water partition coefficient (Wildman–Crippen LogP) is 5.80. The molecule has 0 fully saturated rings. The van der Waals surface area contributed by atoms with Gasteiger partial charge in [-0.05, 0) is 36.1 Å². The fraction of sp³-hybridized carbons (Fsp3) is 0.333. The zero-order chi connectivity index (χ0) is 23.9. The Balaban J connectivity index is 2.16. The summed E-state index contributed by atoms with van der Waals surface area (Å²) in [6, 6.07) is 10.9. The Kier molecular flexibility index (Phi) is 5.78. The standard InChI is InChI=1S/C27H28O6/c1-6-16-23(29)22-18(28)14-19(33-26(22)27(7-2,8-3)25(16)30)21-17-12-10-9-11-15(17)13-20(31-4)24(21)32-5/h9-14,29H,6-8H2,1-5H3. The van der Waals surface area contributed by atoms with E-state index in [9.17, 15) is 14.7 Å². The van der Waals surface area contributed by atoms with Crippen LogP contribution in [0.5, 0.6) is 11.5 Å². The van der Waals surface area contributed by atoms with E-state index in [0.717, 1.165) is 10.8 Å². The summed E-state index contributed by atoms with van der Waals surface area (Å²) >= 11 is 0. The van der Waals surface area contributed by atoms with Crippen LogP contribution in [-0.2, 0) is 10.2 Å². The smallest absolute Gasteiger partial charge is 0.196 e. The van der Waals surface area contributed by atoms with Gasteiger partial charge in [0.2, 0.25) is 0 Å². The van der Waals surface area contributed by atoms with Crippen molar-refractivity contribution in [1.82, 2.24) is 0 Å². The third-order valence-electron chi connectivity index (χ3n) is 6.81. The number of fused-ring (bicyclic) bond motifs is 2. The summed E-state index contributed by atoms with van der Waals surface area (Å²) in [5.41, 5.74) is -0.516. The average molecular weight is 449 g/mol. The Hall–Kier alpha value is -3.54. The lowest BCUT2D eigenvalue weighted by Gasteiger charge is -2.35. The number of aliphatic hydroxyl groups is 1. The fourth-order valence-electron chi connectivity index (χ4n) is 4.95. The van der Waals surface area contributed by atoms with Crippen molar-refractivity contribution in [1.29, 1.82) is 0 Å². The summed E-state index contributed by atoms with van der Waals surface area (Å²) in [4.78, 5) is 26.9. The predicted molar refractivity (Wildman–Crippen MR) is 128 cm³/mol. The molecule has 6 heteroatoms. The van der Waals surface area contributed by atoms with Crippen LogP contribution in [0, 0.1) is 0 Å². The van der Waals surface area contributed by atoms with Crippen LogP contribution >= 0.6 is 0 Å². The third kappa shape index (κ3) is 3.16.